The minimum Gasteiger partial charge on any atom is -0.393 e. The second kappa shape index (κ2) is 19.2. The van der Waals surface area contributed by atoms with Crippen LogP contribution in [0.15, 0.2) is 121 Å². The molecule has 12 nitrogen and oxygen atoms in total. The summed E-state index contributed by atoms with van der Waals surface area (Å²) >= 11 is 5.67. The molecular weight excluding hydrogens is 713 g/mol. The molecule has 1 saturated carbocycles. The first-order valence-corrected chi connectivity index (χ1v) is 18.4. The van der Waals surface area contributed by atoms with E-state index in [4.69, 9.17) is 35.9 Å². The van der Waals surface area contributed by atoms with Crippen molar-refractivity contribution >= 4 is 17.3 Å². The van der Waals surface area contributed by atoms with Gasteiger partial charge >= 0.3 is 0 Å². The molecule has 0 aromatic heterocycles. The number of aliphatic hydroxyl groups excluding tert-OH is 4. The van der Waals surface area contributed by atoms with Crippen molar-refractivity contribution in [2.45, 2.75) is 87.0 Å². The van der Waals surface area contributed by atoms with Crippen LogP contribution in [0.3, 0.4) is 0 Å². The Hall–Kier alpha value is -3.83. The second-order valence-corrected chi connectivity index (χ2v) is 14.0. The molecule has 1 heterocycles. The average molecular weight is 761 g/mol. The van der Waals surface area contributed by atoms with Crippen molar-refractivity contribution in [3.63, 3.8) is 0 Å². The van der Waals surface area contributed by atoms with Gasteiger partial charge in [-0.25, -0.2) is 0 Å². The number of hydrogen-bond donors (Lipinski definition) is 7. The first-order valence-electron chi connectivity index (χ1n) is 17.9. The van der Waals surface area contributed by atoms with Crippen LogP contribution in [0.1, 0.15) is 22.3 Å². The molecule has 0 spiro atoms. The molecule has 0 radical (unpaired) electrons. The highest BCUT2D eigenvalue weighted by atomic mass is 32.1. The Morgan fingerprint density at radius 1 is 0.611 bits per heavy atom. The van der Waals surface area contributed by atoms with Crippen molar-refractivity contribution in [2.75, 3.05) is 13.2 Å². The van der Waals surface area contributed by atoms with Gasteiger partial charge in [0.05, 0.1) is 45.7 Å². The van der Waals surface area contributed by atoms with E-state index in [1.54, 1.807) is 0 Å². The van der Waals surface area contributed by atoms with Crippen molar-refractivity contribution in [3.05, 3.63) is 144 Å². The molecule has 7 N–H and O–H groups in total. The summed E-state index contributed by atoms with van der Waals surface area (Å²) in [5.74, 6) is 0. The summed E-state index contributed by atoms with van der Waals surface area (Å²) in [6, 6.07) is 37.4. The molecule has 13 heteroatoms. The highest BCUT2D eigenvalue weighted by Crippen LogP contribution is 2.33. The minimum atomic E-state index is -2.30. The molecule has 288 valence electrons. The number of ether oxygens (including phenoxy) is 5. The number of thiocarbonyl (C=S) groups is 1. The molecule has 4 aromatic carbocycles. The van der Waals surface area contributed by atoms with Crippen LogP contribution in [0, 0.1) is 0 Å². The van der Waals surface area contributed by atoms with E-state index < -0.39 is 67.2 Å². The van der Waals surface area contributed by atoms with Crippen molar-refractivity contribution in [3.8, 4) is 0 Å². The third kappa shape index (κ3) is 9.88. The predicted octanol–water partition coefficient (Wildman–Crippen LogP) is 2.34. The Kier molecular flexibility index (Phi) is 14.1. The number of rotatable bonds is 16. The number of benzene rings is 4. The summed E-state index contributed by atoms with van der Waals surface area (Å²) in [6.45, 7) is 0.126. The van der Waals surface area contributed by atoms with E-state index in [2.05, 4.69) is 10.6 Å². The van der Waals surface area contributed by atoms with Gasteiger partial charge in [0.25, 0.3) is 0 Å². The lowest BCUT2D eigenvalue weighted by Gasteiger charge is -2.46. The highest BCUT2D eigenvalue weighted by molar-refractivity contribution is 7.80. The van der Waals surface area contributed by atoms with Gasteiger partial charge in [0, 0.05) is 0 Å². The first kappa shape index (κ1) is 39.9. The fourth-order valence-corrected chi connectivity index (χ4v) is 7.02. The van der Waals surface area contributed by atoms with E-state index in [-0.39, 0.29) is 31.5 Å². The fourth-order valence-electron chi connectivity index (χ4n) is 6.78. The van der Waals surface area contributed by atoms with Crippen LogP contribution in [0.25, 0.3) is 0 Å². The van der Waals surface area contributed by atoms with Crippen LogP contribution in [0.5, 0.6) is 0 Å². The standard InChI is InChI=1S/C41H48N2O10S/c44-26-41(48)37(32(45)33(46)38(41)47)42-40(54)43-39-36(52-24-30-19-11-4-12-20-30)35(51-23-29-17-9-3-10-18-29)34(50-22-28-15-7-2-8-16-28)31(53-39)25-49-21-27-13-5-1-6-14-27/h1-20,31-39,44-48H,21-26H2,(H2,42,43,54)/t31-,32+,33+,34-,35+,36-,37+,38+,39+,41+/m1/s1. The van der Waals surface area contributed by atoms with E-state index in [0.29, 0.717) is 6.61 Å². The molecule has 2 aliphatic rings. The molecule has 0 amide bonds. The molecule has 1 aliphatic carbocycles. The van der Waals surface area contributed by atoms with Gasteiger partial charge in [0.15, 0.2) is 11.3 Å². The Morgan fingerprint density at radius 3 is 1.54 bits per heavy atom. The predicted molar refractivity (Wildman–Crippen MR) is 203 cm³/mol. The SMILES string of the molecule is OC[C@@]1(O)[C@@H](O)[C@@H](O)[C@H](O)[C@@H]1NC(=S)N[C@H]1O[C@H](COCc2ccccc2)[C@@H](OCc2ccccc2)[C@H](OCc2ccccc2)[C@H]1OCc1ccccc1. The molecule has 1 saturated heterocycles. The van der Waals surface area contributed by atoms with Gasteiger partial charge in [0.2, 0.25) is 0 Å². The van der Waals surface area contributed by atoms with Gasteiger partial charge in [0.1, 0.15) is 48.3 Å². The maximum Gasteiger partial charge on any atom is 0.168 e. The average Bonchev–Trinajstić information content (AvgIpc) is 3.36. The summed E-state index contributed by atoms with van der Waals surface area (Å²) < 4.78 is 33.0. The van der Waals surface area contributed by atoms with E-state index in [1.807, 2.05) is 121 Å². The number of aliphatic hydroxyl groups is 5. The second-order valence-electron chi connectivity index (χ2n) is 13.6. The Bertz CT molecular complexity index is 1710. The summed E-state index contributed by atoms with van der Waals surface area (Å²) in [5, 5.41) is 58.3. The van der Waals surface area contributed by atoms with E-state index in [1.165, 1.54) is 0 Å². The lowest BCUT2D eigenvalue weighted by atomic mass is 9.96. The molecule has 0 unspecified atom stereocenters. The smallest absolute Gasteiger partial charge is 0.168 e. The van der Waals surface area contributed by atoms with Gasteiger partial charge in [-0.2, -0.15) is 0 Å². The van der Waals surface area contributed by atoms with E-state index >= 15 is 0 Å². The Morgan fingerprint density at radius 2 is 1.06 bits per heavy atom. The zero-order valence-corrected chi connectivity index (χ0v) is 30.5. The molecular formula is C41H48N2O10S. The Labute approximate surface area is 320 Å². The van der Waals surface area contributed by atoms with Crippen LogP contribution in [0.4, 0.5) is 0 Å². The first-order chi connectivity index (χ1) is 26.3. The normalized spacial score (nSPS) is 29.5. The molecule has 54 heavy (non-hydrogen) atoms. The lowest BCUT2D eigenvalue weighted by molar-refractivity contribution is -0.275. The van der Waals surface area contributed by atoms with Crippen LogP contribution in [0.2, 0.25) is 0 Å². The maximum atomic E-state index is 11.0. The number of hydrogen-bond acceptors (Lipinski definition) is 11. The van der Waals surface area contributed by atoms with E-state index in [9.17, 15) is 25.5 Å². The fraction of sp³-hybridized carbons (Fsp3) is 0.390. The quantitative estimate of drug-likeness (QED) is 0.0832. The van der Waals surface area contributed by atoms with Crippen molar-refractivity contribution < 1.29 is 49.2 Å². The molecule has 10 atom stereocenters. The maximum absolute atomic E-state index is 11.0. The topological polar surface area (TPSA) is 171 Å². The van der Waals surface area contributed by atoms with Crippen LogP contribution < -0.4 is 10.6 Å². The van der Waals surface area contributed by atoms with Crippen molar-refractivity contribution in [1.29, 1.82) is 0 Å². The largest absolute Gasteiger partial charge is 0.393 e. The third-order valence-electron chi connectivity index (χ3n) is 9.76. The van der Waals surface area contributed by atoms with Crippen LogP contribution >= 0.6 is 12.2 Å². The van der Waals surface area contributed by atoms with Crippen LogP contribution in [-0.4, -0.2) is 104 Å². The lowest BCUT2D eigenvalue weighted by Crippen LogP contribution is -2.67. The van der Waals surface area contributed by atoms with Crippen LogP contribution in [-0.2, 0) is 50.1 Å². The van der Waals surface area contributed by atoms with Gasteiger partial charge in [-0.15, -0.1) is 0 Å². The molecule has 4 aromatic rings. The van der Waals surface area contributed by atoms with Gasteiger partial charge in [-0.05, 0) is 34.5 Å². The third-order valence-corrected chi connectivity index (χ3v) is 10.00. The van der Waals surface area contributed by atoms with Crippen molar-refractivity contribution in [1.82, 2.24) is 10.6 Å². The zero-order chi connectivity index (χ0) is 37.9. The zero-order valence-electron chi connectivity index (χ0n) is 29.7. The summed E-state index contributed by atoms with van der Waals surface area (Å²) in [7, 11) is 0. The van der Waals surface area contributed by atoms with Gasteiger partial charge < -0.3 is 59.9 Å². The molecule has 2 fully saturated rings. The summed E-state index contributed by atoms with van der Waals surface area (Å²) in [4.78, 5) is 0. The van der Waals surface area contributed by atoms with E-state index in [0.717, 1.165) is 22.3 Å². The van der Waals surface area contributed by atoms with Gasteiger partial charge in [-0.1, -0.05) is 121 Å². The monoisotopic (exact) mass is 760 g/mol. The number of nitrogens with one attached hydrogen (secondary N) is 2. The highest BCUT2D eigenvalue weighted by Gasteiger charge is 2.59. The van der Waals surface area contributed by atoms with Crippen molar-refractivity contribution in [2.24, 2.45) is 0 Å². The summed E-state index contributed by atoms with van der Waals surface area (Å²) in [6.07, 6.45) is -9.28. The summed E-state index contributed by atoms with van der Waals surface area (Å²) in [5.41, 5.74) is 1.46. The molecule has 0 bridgehead atoms. The minimum absolute atomic E-state index is 0.104. The molecule has 6 rings (SSSR count). The Balaban J connectivity index is 1.31. The molecule has 1 aliphatic heterocycles. The van der Waals surface area contributed by atoms with Gasteiger partial charge in [-0.3, -0.25) is 0 Å².